The Morgan fingerprint density at radius 1 is 1.32 bits per heavy atom. The first kappa shape index (κ1) is 19.4. The lowest BCUT2D eigenvalue weighted by atomic mass is 9.88. The largest absolute Gasteiger partial charge is 0.481 e. The van der Waals surface area contributed by atoms with Crippen LogP contribution in [-0.2, 0) is 9.53 Å². The van der Waals surface area contributed by atoms with E-state index in [0.29, 0.717) is 17.0 Å². The van der Waals surface area contributed by atoms with Gasteiger partial charge in [0.25, 0.3) is 0 Å². The lowest BCUT2D eigenvalue weighted by molar-refractivity contribution is -0.142. The molecule has 6 heteroatoms. The molecular formula is C19H21BrFNO3. The van der Waals surface area contributed by atoms with E-state index in [2.05, 4.69) is 20.9 Å². The number of rotatable bonds is 6. The third kappa shape index (κ3) is 4.37. The molecule has 0 fully saturated rings. The van der Waals surface area contributed by atoms with Crippen molar-refractivity contribution in [2.45, 2.75) is 31.5 Å². The van der Waals surface area contributed by atoms with Gasteiger partial charge in [-0.3, -0.25) is 4.79 Å². The Hall–Kier alpha value is -1.95. The second-order valence-corrected chi connectivity index (χ2v) is 6.73. The number of pyridine rings is 1. The van der Waals surface area contributed by atoms with Gasteiger partial charge in [0.2, 0.25) is 5.88 Å². The smallest absolute Gasteiger partial charge is 0.324 e. The molecule has 0 radical (unpaired) electrons. The molecule has 0 aliphatic carbocycles. The molecule has 2 aromatic rings. The summed E-state index contributed by atoms with van der Waals surface area (Å²) < 4.78 is 24.6. The molecule has 0 saturated heterocycles. The minimum absolute atomic E-state index is 0.0302. The van der Waals surface area contributed by atoms with E-state index in [0.717, 1.165) is 11.1 Å². The number of hydrogen-bond donors (Lipinski definition) is 0. The highest BCUT2D eigenvalue weighted by Gasteiger charge is 2.27. The molecule has 25 heavy (non-hydrogen) atoms. The van der Waals surface area contributed by atoms with E-state index >= 15 is 0 Å². The van der Waals surface area contributed by atoms with Gasteiger partial charge in [-0.05, 0) is 53.3 Å². The fourth-order valence-electron chi connectivity index (χ4n) is 2.66. The summed E-state index contributed by atoms with van der Waals surface area (Å²) in [6, 6.07) is 6.36. The van der Waals surface area contributed by atoms with Crippen molar-refractivity contribution in [2.75, 3.05) is 13.7 Å². The van der Waals surface area contributed by atoms with Crippen LogP contribution in [0.1, 0.15) is 42.6 Å². The summed E-state index contributed by atoms with van der Waals surface area (Å²) in [5, 5.41) is 0. The van der Waals surface area contributed by atoms with E-state index in [4.69, 9.17) is 9.47 Å². The number of aromatic nitrogens is 1. The number of alkyl halides is 1. The Kier molecular flexibility index (Phi) is 6.53. The molecule has 1 aromatic heterocycles. The minimum Gasteiger partial charge on any atom is -0.481 e. The number of ether oxygens (including phenoxy) is 2. The molecule has 0 aliphatic rings. The number of carbonyl (C=O) groups excluding carboxylic acids is 1. The average Bonchev–Trinajstić information content (AvgIpc) is 2.60. The summed E-state index contributed by atoms with van der Waals surface area (Å²) >= 11 is 3.44. The zero-order valence-electron chi connectivity index (χ0n) is 14.7. The highest BCUT2D eigenvalue weighted by molar-refractivity contribution is 9.09. The van der Waals surface area contributed by atoms with Crippen molar-refractivity contribution in [3.05, 3.63) is 47.4 Å². The molecule has 1 atom stereocenters. The number of carbonyl (C=O) groups is 1. The van der Waals surface area contributed by atoms with Gasteiger partial charge in [-0.15, -0.1) is 0 Å². The number of hydrogen-bond acceptors (Lipinski definition) is 4. The molecule has 0 N–H and O–H groups in total. The molecule has 1 unspecified atom stereocenters. The maximum Gasteiger partial charge on any atom is 0.324 e. The lowest BCUT2D eigenvalue weighted by Gasteiger charge is -2.21. The first-order valence-electron chi connectivity index (χ1n) is 8.03. The second kappa shape index (κ2) is 8.43. The average molecular weight is 410 g/mol. The van der Waals surface area contributed by atoms with Gasteiger partial charge in [0, 0.05) is 12.3 Å². The van der Waals surface area contributed by atoms with Crippen LogP contribution in [0.25, 0.3) is 11.1 Å². The monoisotopic (exact) mass is 409 g/mol. The molecule has 0 saturated carbocycles. The highest BCUT2D eigenvalue weighted by Crippen LogP contribution is 2.40. The SMILES string of the molecule is CCOC(=O)C(Br)c1c(-c2ccnc(OC)c2)cc(F)cc1C(C)C. The topological polar surface area (TPSA) is 48.4 Å². The number of esters is 1. The van der Waals surface area contributed by atoms with Gasteiger partial charge in [-0.2, -0.15) is 0 Å². The number of methoxy groups -OCH3 is 1. The summed E-state index contributed by atoms with van der Waals surface area (Å²) in [5.74, 6) is -0.316. The van der Waals surface area contributed by atoms with E-state index in [1.807, 2.05) is 13.8 Å². The van der Waals surface area contributed by atoms with Gasteiger partial charge >= 0.3 is 5.97 Å². The van der Waals surface area contributed by atoms with Crippen LogP contribution in [0.15, 0.2) is 30.5 Å². The Labute approximate surface area is 155 Å². The summed E-state index contributed by atoms with van der Waals surface area (Å²) in [5.41, 5.74) is 2.78. The fourth-order valence-corrected chi connectivity index (χ4v) is 3.30. The van der Waals surface area contributed by atoms with E-state index in [-0.39, 0.29) is 18.3 Å². The van der Waals surface area contributed by atoms with Crippen LogP contribution in [0.4, 0.5) is 4.39 Å². The van der Waals surface area contributed by atoms with E-state index in [1.54, 1.807) is 25.3 Å². The Balaban J connectivity index is 2.70. The van der Waals surface area contributed by atoms with Gasteiger partial charge in [0.1, 0.15) is 10.6 Å². The van der Waals surface area contributed by atoms with Gasteiger partial charge in [-0.1, -0.05) is 29.8 Å². The molecule has 134 valence electrons. The van der Waals surface area contributed by atoms with Crippen LogP contribution in [0.2, 0.25) is 0 Å². The summed E-state index contributed by atoms with van der Waals surface area (Å²) in [7, 11) is 1.52. The quantitative estimate of drug-likeness (QED) is 0.496. The molecule has 0 bridgehead atoms. The van der Waals surface area contributed by atoms with Crippen molar-refractivity contribution < 1.29 is 18.7 Å². The molecule has 2 rings (SSSR count). The van der Waals surface area contributed by atoms with Crippen LogP contribution in [0.5, 0.6) is 5.88 Å². The second-order valence-electron chi connectivity index (χ2n) is 5.81. The Bertz CT molecular complexity index is 764. The van der Waals surface area contributed by atoms with Crippen LogP contribution in [-0.4, -0.2) is 24.7 Å². The predicted molar refractivity (Wildman–Crippen MR) is 98.6 cm³/mol. The first-order chi connectivity index (χ1) is 11.9. The van der Waals surface area contributed by atoms with Crippen LogP contribution < -0.4 is 4.74 Å². The van der Waals surface area contributed by atoms with E-state index in [9.17, 15) is 9.18 Å². The lowest BCUT2D eigenvalue weighted by Crippen LogP contribution is -2.14. The molecule has 0 aliphatic heterocycles. The Morgan fingerprint density at radius 3 is 2.64 bits per heavy atom. The van der Waals surface area contributed by atoms with Crippen LogP contribution >= 0.6 is 15.9 Å². The Morgan fingerprint density at radius 2 is 2.04 bits per heavy atom. The van der Waals surface area contributed by atoms with Crippen LogP contribution in [0.3, 0.4) is 0 Å². The zero-order chi connectivity index (χ0) is 18.6. The highest BCUT2D eigenvalue weighted by atomic mass is 79.9. The van der Waals surface area contributed by atoms with Gasteiger partial charge < -0.3 is 9.47 Å². The predicted octanol–water partition coefficient (Wildman–Crippen LogP) is 5.02. The maximum absolute atomic E-state index is 14.3. The van der Waals surface area contributed by atoms with Crippen molar-refractivity contribution in [1.29, 1.82) is 0 Å². The van der Waals surface area contributed by atoms with Gasteiger partial charge in [0.15, 0.2) is 0 Å². The number of benzene rings is 1. The van der Waals surface area contributed by atoms with Crippen molar-refractivity contribution in [1.82, 2.24) is 4.98 Å². The third-order valence-electron chi connectivity index (χ3n) is 3.80. The maximum atomic E-state index is 14.3. The van der Waals surface area contributed by atoms with Crippen molar-refractivity contribution in [3.63, 3.8) is 0 Å². The molecule has 4 nitrogen and oxygen atoms in total. The molecule has 1 aromatic carbocycles. The zero-order valence-corrected chi connectivity index (χ0v) is 16.3. The number of halogens is 2. The summed E-state index contributed by atoms with van der Waals surface area (Å²) in [6.45, 7) is 5.94. The van der Waals surface area contributed by atoms with Crippen molar-refractivity contribution in [2.24, 2.45) is 0 Å². The minimum atomic E-state index is -0.695. The normalized spacial score (nSPS) is 12.1. The first-order valence-corrected chi connectivity index (χ1v) is 8.95. The third-order valence-corrected chi connectivity index (χ3v) is 4.63. The summed E-state index contributed by atoms with van der Waals surface area (Å²) in [4.78, 5) is 15.7. The standard InChI is InChI=1S/C19H21BrFNO3/c1-5-25-19(23)18(20)17-14(11(2)3)9-13(21)10-15(17)12-6-7-22-16(8-12)24-4/h6-11,18H,5H2,1-4H3. The van der Waals surface area contributed by atoms with E-state index < -0.39 is 10.8 Å². The molecule has 0 spiro atoms. The van der Waals surface area contributed by atoms with Crippen molar-refractivity contribution >= 4 is 21.9 Å². The summed E-state index contributed by atoms with van der Waals surface area (Å²) in [6.07, 6.45) is 1.59. The molecular weight excluding hydrogens is 389 g/mol. The van der Waals surface area contributed by atoms with Crippen molar-refractivity contribution in [3.8, 4) is 17.0 Å². The van der Waals surface area contributed by atoms with Gasteiger partial charge in [0.05, 0.1) is 13.7 Å². The number of nitrogens with zero attached hydrogens (tertiary/aromatic N) is 1. The van der Waals surface area contributed by atoms with Gasteiger partial charge in [-0.25, -0.2) is 9.37 Å². The fraction of sp³-hybridized carbons (Fsp3) is 0.368. The van der Waals surface area contributed by atoms with E-state index in [1.165, 1.54) is 19.2 Å². The van der Waals surface area contributed by atoms with Crippen LogP contribution in [0, 0.1) is 5.82 Å². The molecule has 0 amide bonds. The molecule has 1 heterocycles.